The maximum absolute atomic E-state index is 12.6. The largest absolute Gasteiger partial charge is 0.482 e. The number of rotatable bonds is 11. The number of ether oxygens (including phenoxy) is 1. The molecule has 196 valence electrons. The zero-order chi connectivity index (χ0) is 24.1. The number of carbonyl (C=O) groups is 2. The van der Waals surface area contributed by atoms with Gasteiger partial charge in [0.25, 0.3) is 0 Å². The molecule has 2 aliphatic heterocycles. The van der Waals surface area contributed by atoms with E-state index < -0.39 is 12.8 Å². The highest BCUT2D eigenvalue weighted by molar-refractivity contribution is 6.03. The minimum Gasteiger partial charge on any atom is -0.482 e. The fourth-order valence-electron chi connectivity index (χ4n) is 4.59. The maximum atomic E-state index is 12.6. The van der Waals surface area contributed by atoms with Crippen LogP contribution < -0.4 is 15.0 Å². The minimum absolute atomic E-state index is 0. The molecule has 4 rings (SSSR count). The molecule has 1 unspecified atom stereocenters. The Hall–Kier alpha value is -2.04. The Morgan fingerprint density at radius 1 is 1.00 bits per heavy atom. The number of para-hydroxylation sites is 2. The molecule has 3 fully saturated rings. The summed E-state index contributed by atoms with van der Waals surface area (Å²) in [6, 6.07) is 6.80. The fraction of sp³-hybridized carbons (Fsp3) is 0.667. The zero-order valence-electron chi connectivity index (χ0n) is 19.8. The van der Waals surface area contributed by atoms with Gasteiger partial charge in [-0.15, -0.1) is 12.4 Å². The first-order valence-corrected chi connectivity index (χ1v) is 12.1. The summed E-state index contributed by atoms with van der Waals surface area (Å²) in [6.45, 7) is 4.25. The number of nitrogens with one attached hydrogen (secondary N) is 1. The third-order valence-corrected chi connectivity index (χ3v) is 6.68. The molecule has 3 aliphatic rings. The van der Waals surface area contributed by atoms with Gasteiger partial charge in [-0.1, -0.05) is 12.1 Å². The van der Waals surface area contributed by atoms with Crippen LogP contribution in [0, 0.1) is 11.8 Å². The van der Waals surface area contributed by atoms with Crippen LogP contribution in [-0.2, 0) is 9.59 Å². The quantitative estimate of drug-likeness (QED) is 0.454. The number of carbonyl (C=O) groups excluding carboxylic acids is 2. The molecule has 11 heteroatoms. The van der Waals surface area contributed by atoms with Crippen molar-refractivity contribution in [3.63, 3.8) is 0 Å². The van der Waals surface area contributed by atoms with Crippen LogP contribution in [0.15, 0.2) is 24.3 Å². The van der Waals surface area contributed by atoms with E-state index in [4.69, 9.17) is 4.74 Å². The first kappa shape index (κ1) is 27.5. The van der Waals surface area contributed by atoms with Crippen LogP contribution in [-0.4, -0.2) is 86.8 Å². The molecule has 0 spiro atoms. The summed E-state index contributed by atoms with van der Waals surface area (Å²) < 4.78 is 42.7. The Bertz CT molecular complexity index is 861. The number of amides is 2. The van der Waals surface area contributed by atoms with Gasteiger partial charge in [-0.25, -0.2) is 0 Å². The number of piperazine rings is 1. The van der Waals surface area contributed by atoms with Crippen molar-refractivity contribution in [1.82, 2.24) is 15.1 Å². The number of alkyl halides is 3. The van der Waals surface area contributed by atoms with E-state index in [0.717, 1.165) is 32.1 Å². The van der Waals surface area contributed by atoms with Crippen molar-refractivity contribution in [2.45, 2.75) is 31.9 Å². The van der Waals surface area contributed by atoms with Crippen LogP contribution in [0.3, 0.4) is 0 Å². The van der Waals surface area contributed by atoms with E-state index in [-0.39, 0.29) is 35.9 Å². The average molecular weight is 519 g/mol. The van der Waals surface area contributed by atoms with Crippen LogP contribution >= 0.6 is 12.4 Å². The van der Waals surface area contributed by atoms with Crippen molar-refractivity contribution in [2.75, 3.05) is 63.9 Å². The molecular formula is C24H34ClF3N4O3. The van der Waals surface area contributed by atoms with Crippen LogP contribution in [0.1, 0.15) is 25.7 Å². The van der Waals surface area contributed by atoms with E-state index in [1.807, 2.05) is 4.90 Å². The van der Waals surface area contributed by atoms with Gasteiger partial charge in [0.15, 0.2) is 6.61 Å². The smallest absolute Gasteiger partial charge is 0.422 e. The molecule has 2 amide bonds. The molecule has 1 saturated carbocycles. The van der Waals surface area contributed by atoms with Gasteiger partial charge in [0, 0.05) is 45.7 Å². The Balaban J connectivity index is 0.00000342. The van der Waals surface area contributed by atoms with Crippen molar-refractivity contribution in [3.8, 4) is 5.75 Å². The third-order valence-electron chi connectivity index (χ3n) is 6.68. The predicted molar refractivity (Wildman–Crippen MR) is 129 cm³/mol. The van der Waals surface area contributed by atoms with E-state index in [9.17, 15) is 22.8 Å². The lowest BCUT2D eigenvalue weighted by atomic mass is 10.1. The van der Waals surface area contributed by atoms with Crippen LogP contribution in [0.5, 0.6) is 5.75 Å². The number of nitrogens with zero attached hydrogens (tertiary/aromatic N) is 3. The molecule has 0 radical (unpaired) electrons. The van der Waals surface area contributed by atoms with Gasteiger partial charge in [0.05, 0.1) is 11.6 Å². The lowest BCUT2D eigenvalue weighted by Gasteiger charge is -2.37. The second-order valence-electron chi connectivity index (χ2n) is 9.44. The molecule has 35 heavy (non-hydrogen) atoms. The number of hydrogen-bond donors (Lipinski definition) is 1. The molecular weight excluding hydrogens is 485 g/mol. The van der Waals surface area contributed by atoms with E-state index in [0.29, 0.717) is 44.7 Å². The summed E-state index contributed by atoms with van der Waals surface area (Å²) in [4.78, 5) is 30.6. The van der Waals surface area contributed by atoms with E-state index >= 15 is 0 Å². The van der Waals surface area contributed by atoms with Gasteiger partial charge >= 0.3 is 6.18 Å². The molecule has 1 atom stereocenters. The Morgan fingerprint density at radius 2 is 1.71 bits per heavy atom. The van der Waals surface area contributed by atoms with Crippen molar-refractivity contribution >= 4 is 29.9 Å². The van der Waals surface area contributed by atoms with Gasteiger partial charge < -0.3 is 15.0 Å². The summed E-state index contributed by atoms with van der Waals surface area (Å²) in [7, 11) is 0. The minimum atomic E-state index is -4.38. The average Bonchev–Trinajstić information content (AvgIpc) is 3.59. The molecule has 1 aliphatic carbocycles. The van der Waals surface area contributed by atoms with Crippen LogP contribution in [0.25, 0.3) is 0 Å². The van der Waals surface area contributed by atoms with Crippen molar-refractivity contribution in [3.05, 3.63) is 24.3 Å². The topological polar surface area (TPSA) is 65.1 Å². The predicted octanol–water partition coefficient (Wildman–Crippen LogP) is 2.94. The lowest BCUT2D eigenvalue weighted by Crippen LogP contribution is -2.47. The number of imide groups is 1. The fourth-order valence-corrected chi connectivity index (χ4v) is 4.59. The van der Waals surface area contributed by atoms with Crippen molar-refractivity contribution in [2.24, 2.45) is 11.8 Å². The van der Waals surface area contributed by atoms with E-state index in [2.05, 4.69) is 10.2 Å². The highest BCUT2D eigenvalue weighted by Crippen LogP contribution is 2.31. The molecule has 2 heterocycles. The maximum Gasteiger partial charge on any atom is 0.422 e. The SMILES string of the molecule is Cl.O=C1CC(CNCC2CC2)C(=O)N1CCCN1CCN(c2ccccc2OCC(F)(F)F)CC1. The van der Waals surface area contributed by atoms with Gasteiger partial charge in [0.2, 0.25) is 11.8 Å². The molecule has 1 aromatic rings. The number of likely N-dealkylation sites (tertiary alicyclic amines) is 1. The van der Waals surface area contributed by atoms with E-state index in [1.54, 1.807) is 24.3 Å². The number of benzene rings is 1. The molecule has 0 bridgehead atoms. The monoisotopic (exact) mass is 518 g/mol. The second kappa shape index (κ2) is 12.3. The highest BCUT2D eigenvalue weighted by atomic mass is 35.5. The molecule has 1 N–H and O–H groups in total. The zero-order valence-corrected chi connectivity index (χ0v) is 20.6. The van der Waals surface area contributed by atoms with Gasteiger partial charge in [-0.3, -0.25) is 19.4 Å². The summed E-state index contributed by atoms with van der Waals surface area (Å²) in [5.74, 6) is 0.594. The summed E-state index contributed by atoms with van der Waals surface area (Å²) in [5, 5.41) is 3.33. The van der Waals surface area contributed by atoms with Crippen molar-refractivity contribution < 1.29 is 27.5 Å². The van der Waals surface area contributed by atoms with Gasteiger partial charge in [-0.2, -0.15) is 13.2 Å². The lowest BCUT2D eigenvalue weighted by molar-refractivity contribution is -0.153. The van der Waals surface area contributed by atoms with Crippen molar-refractivity contribution in [1.29, 1.82) is 0 Å². The molecule has 2 saturated heterocycles. The molecule has 7 nitrogen and oxygen atoms in total. The van der Waals surface area contributed by atoms with Gasteiger partial charge in [-0.05, 0) is 50.4 Å². The first-order chi connectivity index (χ1) is 16.3. The van der Waals surface area contributed by atoms with E-state index in [1.165, 1.54) is 17.7 Å². The summed E-state index contributed by atoms with van der Waals surface area (Å²) in [6.07, 6.45) is -0.862. The van der Waals surface area contributed by atoms with Crippen LogP contribution in [0.2, 0.25) is 0 Å². The Morgan fingerprint density at radius 3 is 2.40 bits per heavy atom. The molecule has 1 aromatic carbocycles. The Kier molecular flexibility index (Phi) is 9.66. The summed E-state index contributed by atoms with van der Waals surface area (Å²) >= 11 is 0. The normalized spacial score (nSPS) is 21.4. The van der Waals surface area contributed by atoms with Gasteiger partial charge in [0.1, 0.15) is 5.75 Å². The standard InChI is InChI=1S/C24H33F3N4O3.ClH/c25-24(26,27)17-34-21-5-2-1-4-20(21)30-12-10-29(11-13-30)8-3-9-31-22(32)14-19(23(31)33)16-28-15-18-6-7-18;/h1-2,4-5,18-19,28H,3,6-17H2;1H. The molecule has 0 aromatic heterocycles. The summed E-state index contributed by atoms with van der Waals surface area (Å²) in [5.41, 5.74) is 0.668. The highest BCUT2D eigenvalue weighted by Gasteiger charge is 2.38. The number of halogens is 4. The second-order valence-corrected chi connectivity index (χ2v) is 9.44. The third kappa shape index (κ3) is 7.98. The Labute approximate surface area is 210 Å². The first-order valence-electron chi connectivity index (χ1n) is 12.1. The number of anilines is 1. The van der Waals surface area contributed by atoms with Crippen LogP contribution in [0.4, 0.5) is 18.9 Å². The number of hydrogen-bond acceptors (Lipinski definition) is 6.